The number of hydrogen-bond donors (Lipinski definition) is 0. The Morgan fingerprint density at radius 3 is 2.73 bits per heavy atom. The van der Waals surface area contributed by atoms with Crippen molar-refractivity contribution in [3.05, 3.63) is 48.4 Å². The van der Waals surface area contributed by atoms with Crippen molar-refractivity contribution in [2.45, 2.75) is 12.8 Å². The van der Waals surface area contributed by atoms with E-state index in [1.807, 2.05) is 36.0 Å². The third-order valence-electron chi connectivity index (χ3n) is 4.76. The standard InChI is InChI=1S/C18H21N7O/c1-23-8-5-19-17(23)16-11-20-14(10-21-16)9-13-3-7-25(12-13)18(26)15-4-6-24(2)22-15/h4-6,8,10-11,13H,3,7,9,12H2,1-2H3/t13-/m0/s1. The number of amides is 1. The molecule has 3 aromatic heterocycles. The molecule has 0 spiro atoms. The SMILES string of the molecule is Cn1ccc(C(=O)N2CC[C@@H](Cc3cnc(-c4nccn4C)cn3)C2)n1. The average molecular weight is 351 g/mol. The lowest BCUT2D eigenvalue weighted by molar-refractivity contribution is 0.0780. The molecule has 0 unspecified atom stereocenters. The summed E-state index contributed by atoms with van der Waals surface area (Å²) in [6.45, 7) is 1.50. The van der Waals surface area contributed by atoms with Crippen molar-refractivity contribution in [2.75, 3.05) is 13.1 Å². The molecule has 0 radical (unpaired) electrons. The molecule has 1 atom stereocenters. The molecule has 0 N–H and O–H groups in total. The maximum absolute atomic E-state index is 12.5. The van der Waals surface area contributed by atoms with Gasteiger partial charge in [-0.1, -0.05) is 0 Å². The number of likely N-dealkylation sites (tertiary alicyclic amines) is 1. The minimum atomic E-state index is 0.00399. The molecular weight excluding hydrogens is 330 g/mol. The number of hydrogen-bond acceptors (Lipinski definition) is 5. The summed E-state index contributed by atoms with van der Waals surface area (Å²) in [5.74, 6) is 1.21. The maximum atomic E-state index is 12.5. The predicted molar refractivity (Wildman–Crippen MR) is 95.2 cm³/mol. The molecule has 0 bridgehead atoms. The third-order valence-corrected chi connectivity index (χ3v) is 4.76. The van der Waals surface area contributed by atoms with Crippen LogP contribution in [0.2, 0.25) is 0 Å². The Morgan fingerprint density at radius 2 is 2.08 bits per heavy atom. The molecule has 3 aromatic rings. The van der Waals surface area contributed by atoms with E-state index in [4.69, 9.17) is 0 Å². The Kier molecular flexibility index (Phi) is 4.24. The minimum absolute atomic E-state index is 0.00399. The largest absolute Gasteiger partial charge is 0.337 e. The zero-order valence-electron chi connectivity index (χ0n) is 14.9. The van der Waals surface area contributed by atoms with Crippen LogP contribution in [0.5, 0.6) is 0 Å². The molecule has 4 rings (SSSR count). The fourth-order valence-electron chi connectivity index (χ4n) is 3.36. The van der Waals surface area contributed by atoms with E-state index in [9.17, 15) is 4.79 Å². The highest BCUT2D eigenvalue weighted by Crippen LogP contribution is 2.22. The lowest BCUT2D eigenvalue weighted by Crippen LogP contribution is -2.29. The summed E-state index contributed by atoms with van der Waals surface area (Å²) in [6, 6.07) is 1.76. The molecule has 1 amide bonds. The van der Waals surface area contributed by atoms with Gasteiger partial charge >= 0.3 is 0 Å². The van der Waals surface area contributed by atoms with Gasteiger partial charge in [0.25, 0.3) is 5.91 Å². The Balaban J connectivity index is 1.38. The lowest BCUT2D eigenvalue weighted by Gasteiger charge is -2.15. The van der Waals surface area contributed by atoms with E-state index >= 15 is 0 Å². The molecule has 8 nitrogen and oxygen atoms in total. The van der Waals surface area contributed by atoms with Gasteiger partial charge in [0.1, 0.15) is 11.4 Å². The first kappa shape index (κ1) is 16.4. The van der Waals surface area contributed by atoms with Gasteiger partial charge < -0.3 is 9.47 Å². The second-order valence-corrected chi connectivity index (χ2v) is 6.74. The van der Waals surface area contributed by atoms with Gasteiger partial charge in [-0.3, -0.25) is 14.5 Å². The molecule has 26 heavy (non-hydrogen) atoms. The number of nitrogens with zero attached hydrogens (tertiary/aromatic N) is 7. The quantitative estimate of drug-likeness (QED) is 0.708. The Labute approximate surface area is 151 Å². The third kappa shape index (κ3) is 3.22. The van der Waals surface area contributed by atoms with Crippen LogP contribution >= 0.6 is 0 Å². The molecule has 0 saturated carbocycles. The second kappa shape index (κ2) is 6.70. The van der Waals surface area contributed by atoms with E-state index in [-0.39, 0.29) is 5.91 Å². The second-order valence-electron chi connectivity index (χ2n) is 6.74. The molecule has 1 saturated heterocycles. The molecular formula is C18H21N7O. The van der Waals surface area contributed by atoms with Gasteiger partial charge in [-0.05, 0) is 24.8 Å². The summed E-state index contributed by atoms with van der Waals surface area (Å²) in [4.78, 5) is 27.7. The molecule has 1 aliphatic heterocycles. The fraction of sp³-hybridized carbons (Fsp3) is 0.389. The minimum Gasteiger partial charge on any atom is -0.337 e. The number of aromatic nitrogens is 6. The van der Waals surface area contributed by atoms with Crippen LogP contribution in [0.25, 0.3) is 11.5 Å². The monoisotopic (exact) mass is 351 g/mol. The van der Waals surface area contributed by atoms with Crippen molar-refractivity contribution in [3.8, 4) is 11.5 Å². The van der Waals surface area contributed by atoms with Gasteiger partial charge in [-0.15, -0.1) is 0 Å². The van der Waals surface area contributed by atoms with Crippen molar-refractivity contribution in [1.82, 2.24) is 34.2 Å². The molecule has 1 fully saturated rings. The summed E-state index contributed by atoms with van der Waals surface area (Å²) in [7, 11) is 3.75. The molecule has 0 aromatic carbocycles. The maximum Gasteiger partial charge on any atom is 0.274 e. The van der Waals surface area contributed by atoms with Gasteiger partial charge in [-0.25, -0.2) is 9.97 Å². The Hall–Kier alpha value is -3.03. The Bertz CT molecular complexity index is 912. The van der Waals surface area contributed by atoms with E-state index < -0.39 is 0 Å². The summed E-state index contributed by atoms with van der Waals surface area (Å²) < 4.78 is 3.57. The highest BCUT2D eigenvalue weighted by Gasteiger charge is 2.28. The summed E-state index contributed by atoms with van der Waals surface area (Å²) in [6.07, 6.45) is 10.8. The number of aryl methyl sites for hydroxylation is 2. The average Bonchev–Trinajstić information content (AvgIpc) is 3.37. The predicted octanol–water partition coefficient (Wildman–Crippen LogP) is 1.32. The van der Waals surface area contributed by atoms with Crippen LogP contribution in [0.4, 0.5) is 0 Å². The topological polar surface area (TPSA) is 81.7 Å². The Morgan fingerprint density at radius 1 is 1.19 bits per heavy atom. The van der Waals surface area contributed by atoms with Crippen molar-refractivity contribution in [3.63, 3.8) is 0 Å². The van der Waals surface area contributed by atoms with E-state index in [0.717, 1.165) is 43.1 Å². The number of rotatable bonds is 4. The van der Waals surface area contributed by atoms with Gasteiger partial charge in [0, 0.05) is 52.0 Å². The summed E-state index contributed by atoms with van der Waals surface area (Å²) in [5.41, 5.74) is 2.21. The van der Waals surface area contributed by atoms with E-state index in [1.54, 1.807) is 29.3 Å². The van der Waals surface area contributed by atoms with Crippen LogP contribution in [0.15, 0.2) is 37.1 Å². The zero-order chi connectivity index (χ0) is 18.1. The van der Waals surface area contributed by atoms with Crippen molar-refractivity contribution in [1.29, 1.82) is 0 Å². The molecule has 0 aliphatic carbocycles. The van der Waals surface area contributed by atoms with Crippen LogP contribution in [0, 0.1) is 5.92 Å². The van der Waals surface area contributed by atoms with Gasteiger partial charge in [0.15, 0.2) is 5.82 Å². The van der Waals surface area contributed by atoms with Crippen LogP contribution < -0.4 is 0 Å². The van der Waals surface area contributed by atoms with Crippen LogP contribution in [-0.4, -0.2) is 53.2 Å². The van der Waals surface area contributed by atoms with Crippen molar-refractivity contribution in [2.24, 2.45) is 20.0 Å². The summed E-state index contributed by atoms with van der Waals surface area (Å²) in [5, 5.41) is 4.20. The van der Waals surface area contributed by atoms with Crippen LogP contribution in [0.3, 0.4) is 0 Å². The zero-order valence-corrected chi connectivity index (χ0v) is 14.9. The van der Waals surface area contributed by atoms with E-state index in [1.165, 1.54) is 0 Å². The van der Waals surface area contributed by atoms with Crippen molar-refractivity contribution >= 4 is 5.91 Å². The van der Waals surface area contributed by atoms with Gasteiger partial charge in [0.05, 0.1) is 11.9 Å². The fourth-order valence-corrected chi connectivity index (χ4v) is 3.36. The molecule has 8 heteroatoms. The molecule has 1 aliphatic rings. The first-order chi connectivity index (χ1) is 12.6. The van der Waals surface area contributed by atoms with Gasteiger partial charge in [-0.2, -0.15) is 5.10 Å². The van der Waals surface area contributed by atoms with E-state index in [0.29, 0.717) is 11.6 Å². The number of carbonyl (C=O) groups is 1. The van der Waals surface area contributed by atoms with E-state index in [2.05, 4.69) is 20.1 Å². The normalized spacial score (nSPS) is 17.0. The first-order valence-corrected chi connectivity index (χ1v) is 8.67. The van der Waals surface area contributed by atoms with Crippen LogP contribution in [-0.2, 0) is 20.5 Å². The van der Waals surface area contributed by atoms with Gasteiger partial charge in [0.2, 0.25) is 0 Å². The summed E-state index contributed by atoms with van der Waals surface area (Å²) >= 11 is 0. The van der Waals surface area contributed by atoms with Crippen molar-refractivity contribution < 1.29 is 4.79 Å². The smallest absolute Gasteiger partial charge is 0.274 e. The highest BCUT2D eigenvalue weighted by molar-refractivity contribution is 5.92. The lowest BCUT2D eigenvalue weighted by atomic mass is 10.0. The van der Waals surface area contributed by atoms with Crippen LogP contribution in [0.1, 0.15) is 22.6 Å². The first-order valence-electron chi connectivity index (χ1n) is 8.67. The number of carbonyl (C=O) groups excluding carboxylic acids is 1. The highest BCUT2D eigenvalue weighted by atomic mass is 16.2. The molecule has 134 valence electrons. The molecule has 4 heterocycles. The number of imidazole rings is 1.